The second kappa shape index (κ2) is 8.59. The van der Waals surface area contributed by atoms with Gasteiger partial charge in [0.1, 0.15) is 11.5 Å². The first-order valence-corrected chi connectivity index (χ1v) is 9.33. The van der Waals surface area contributed by atoms with E-state index >= 15 is 0 Å². The third-order valence-corrected chi connectivity index (χ3v) is 4.54. The minimum absolute atomic E-state index is 0.0394. The number of hydrogen-bond acceptors (Lipinski definition) is 7. The summed E-state index contributed by atoms with van der Waals surface area (Å²) in [7, 11) is 3.12. The summed E-state index contributed by atoms with van der Waals surface area (Å²) < 4.78 is 16.0. The van der Waals surface area contributed by atoms with E-state index in [2.05, 4.69) is 15.5 Å². The van der Waals surface area contributed by atoms with Gasteiger partial charge in [-0.15, -0.1) is 16.9 Å². The van der Waals surface area contributed by atoms with Crippen molar-refractivity contribution in [2.24, 2.45) is 0 Å². The van der Waals surface area contributed by atoms with Gasteiger partial charge in [0.05, 0.1) is 20.6 Å². The van der Waals surface area contributed by atoms with Crippen LogP contribution in [0.2, 0.25) is 0 Å². The van der Waals surface area contributed by atoms with Crippen LogP contribution in [0.25, 0.3) is 11.5 Å². The predicted octanol–water partition coefficient (Wildman–Crippen LogP) is 3.66. The zero-order chi connectivity index (χ0) is 19.2. The molecule has 1 heterocycles. The van der Waals surface area contributed by atoms with Gasteiger partial charge in [0.2, 0.25) is 11.8 Å². The molecule has 0 saturated heterocycles. The molecule has 0 saturated carbocycles. The number of benzene rings is 2. The summed E-state index contributed by atoms with van der Waals surface area (Å²) in [4.78, 5) is 13.3. The van der Waals surface area contributed by atoms with Gasteiger partial charge >= 0.3 is 6.01 Å². The smallest absolute Gasteiger partial charge is 0.322 e. The Labute approximate surface area is 161 Å². The molecule has 0 aliphatic rings. The molecule has 0 fully saturated rings. The number of nitrogens with one attached hydrogen (secondary N) is 1. The fourth-order valence-electron chi connectivity index (χ4n) is 2.41. The number of anilines is 1. The number of methoxy groups -OCH3 is 2. The average Bonchev–Trinajstić information content (AvgIpc) is 3.16. The van der Waals surface area contributed by atoms with E-state index in [0.717, 1.165) is 10.5 Å². The summed E-state index contributed by atoms with van der Waals surface area (Å²) in [5, 5.41) is 10.5. The maximum absolute atomic E-state index is 12.2. The van der Waals surface area contributed by atoms with Crippen molar-refractivity contribution < 1.29 is 18.7 Å². The third kappa shape index (κ3) is 4.79. The number of amides is 1. The molecule has 0 aliphatic carbocycles. The Hall–Kier alpha value is -3.00. The molecule has 0 spiro atoms. The molecule has 7 nitrogen and oxygen atoms in total. The molecule has 0 radical (unpaired) electrons. The van der Waals surface area contributed by atoms with Crippen molar-refractivity contribution in [3.8, 4) is 23.0 Å². The summed E-state index contributed by atoms with van der Waals surface area (Å²) >= 11 is 1.65. The topological polar surface area (TPSA) is 86.5 Å². The van der Waals surface area contributed by atoms with Gasteiger partial charge in [-0.25, -0.2) is 0 Å². The van der Waals surface area contributed by atoms with E-state index in [1.165, 1.54) is 0 Å². The second-order valence-corrected chi connectivity index (χ2v) is 6.47. The Morgan fingerprint density at radius 2 is 1.74 bits per heavy atom. The normalized spacial score (nSPS) is 10.5. The molecule has 0 unspecified atom stereocenters. The number of carbonyl (C=O) groups excluding carboxylic acids is 1. The summed E-state index contributed by atoms with van der Waals surface area (Å²) in [5.74, 6) is 1.22. The van der Waals surface area contributed by atoms with Gasteiger partial charge < -0.3 is 13.9 Å². The maximum atomic E-state index is 12.2. The van der Waals surface area contributed by atoms with Crippen molar-refractivity contribution in [3.63, 3.8) is 0 Å². The highest BCUT2D eigenvalue weighted by molar-refractivity contribution is 7.98. The van der Waals surface area contributed by atoms with Crippen molar-refractivity contribution in [3.05, 3.63) is 48.0 Å². The lowest BCUT2D eigenvalue weighted by molar-refractivity contribution is -0.115. The van der Waals surface area contributed by atoms with Gasteiger partial charge in [0, 0.05) is 16.5 Å². The fourth-order valence-corrected chi connectivity index (χ4v) is 2.82. The lowest BCUT2D eigenvalue weighted by atomic mass is 10.1. The standard InChI is InChI=1S/C19H19N3O4S/c1-24-14-9-13(10-15(11-14)25-2)18-21-22-19(26-18)20-17(23)8-12-4-6-16(27-3)7-5-12/h4-7,9-11H,8H2,1-3H3,(H,20,22,23). The van der Waals surface area contributed by atoms with Gasteiger partial charge in [0.25, 0.3) is 0 Å². The van der Waals surface area contributed by atoms with E-state index in [0.29, 0.717) is 17.1 Å². The SMILES string of the molecule is COc1cc(OC)cc(-c2nnc(NC(=O)Cc3ccc(SC)cc3)o2)c1. The van der Waals surface area contributed by atoms with Crippen LogP contribution in [0.3, 0.4) is 0 Å². The molecule has 0 atom stereocenters. The Balaban J connectivity index is 1.69. The van der Waals surface area contributed by atoms with Crippen LogP contribution < -0.4 is 14.8 Å². The number of rotatable bonds is 7. The minimum Gasteiger partial charge on any atom is -0.497 e. The highest BCUT2D eigenvalue weighted by Gasteiger charge is 2.14. The van der Waals surface area contributed by atoms with Crippen molar-refractivity contribution >= 4 is 23.7 Å². The molecular formula is C19H19N3O4S. The molecule has 8 heteroatoms. The molecule has 140 valence electrons. The summed E-state index contributed by atoms with van der Waals surface area (Å²) in [6.45, 7) is 0. The lowest BCUT2D eigenvalue weighted by Gasteiger charge is -2.05. The van der Waals surface area contributed by atoms with Crippen LogP contribution in [0.15, 0.2) is 51.8 Å². The number of carbonyl (C=O) groups is 1. The number of aromatic nitrogens is 2. The molecule has 3 aromatic rings. The number of nitrogens with zero attached hydrogens (tertiary/aromatic N) is 2. The lowest BCUT2D eigenvalue weighted by Crippen LogP contribution is -2.14. The van der Waals surface area contributed by atoms with Crippen molar-refractivity contribution in [1.82, 2.24) is 10.2 Å². The molecule has 1 aromatic heterocycles. The van der Waals surface area contributed by atoms with Crippen molar-refractivity contribution in [2.45, 2.75) is 11.3 Å². The average molecular weight is 385 g/mol. The fraction of sp³-hybridized carbons (Fsp3) is 0.211. The first-order chi connectivity index (χ1) is 13.1. The molecule has 1 amide bonds. The number of hydrogen-bond donors (Lipinski definition) is 1. The highest BCUT2D eigenvalue weighted by Crippen LogP contribution is 2.29. The van der Waals surface area contributed by atoms with Crippen LogP contribution in [0.5, 0.6) is 11.5 Å². The first-order valence-electron chi connectivity index (χ1n) is 8.11. The summed E-state index contributed by atoms with van der Waals surface area (Å²) in [5.41, 5.74) is 1.54. The van der Waals surface area contributed by atoms with E-state index in [-0.39, 0.29) is 24.2 Å². The minimum atomic E-state index is -0.231. The van der Waals surface area contributed by atoms with Gasteiger partial charge in [-0.1, -0.05) is 17.2 Å². The maximum Gasteiger partial charge on any atom is 0.322 e. The summed E-state index contributed by atoms with van der Waals surface area (Å²) in [6, 6.07) is 13.1. The van der Waals surface area contributed by atoms with Gasteiger partial charge in [0.15, 0.2) is 0 Å². The van der Waals surface area contributed by atoms with Crippen molar-refractivity contribution in [1.29, 1.82) is 0 Å². The Bertz CT molecular complexity index is 903. The van der Waals surface area contributed by atoms with Gasteiger partial charge in [-0.05, 0) is 36.1 Å². The van der Waals surface area contributed by atoms with E-state index < -0.39 is 0 Å². The molecule has 3 rings (SSSR count). The van der Waals surface area contributed by atoms with Gasteiger partial charge in [-0.3, -0.25) is 10.1 Å². The van der Waals surface area contributed by atoms with Gasteiger partial charge in [-0.2, -0.15) is 0 Å². The van der Waals surface area contributed by atoms with E-state index in [1.807, 2.05) is 30.5 Å². The monoisotopic (exact) mass is 385 g/mol. The first kappa shape index (κ1) is 18.8. The predicted molar refractivity (Wildman–Crippen MR) is 103 cm³/mol. The van der Waals surface area contributed by atoms with Crippen LogP contribution >= 0.6 is 11.8 Å². The highest BCUT2D eigenvalue weighted by atomic mass is 32.2. The van der Waals surface area contributed by atoms with Crippen LogP contribution in [0.4, 0.5) is 6.01 Å². The molecule has 1 N–H and O–H groups in total. The van der Waals surface area contributed by atoms with E-state index in [1.54, 1.807) is 44.2 Å². The molecule has 0 bridgehead atoms. The van der Waals surface area contributed by atoms with Crippen LogP contribution in [-0.2, 0) is 11.2 Å². The van der Waals surface area contributed by atoms with Crippen LogP contribution in [-0.4, -0.2) is 36.6 Å². The van der Waals surface area contributed by atoms with E-state index in [9.17, 15) is 4.79 Å². The molecular weight excluding hydrogens is 366 g/mol. The third-order valence-electron chi connectivity index (χ3n) is 3.79. The Morgan fingerprint density at radius 1 is 1.07 bits per heavy atom. The van der Waals surface area contributed by atoms with Crippen LogP contribution in [0, 0.1) is 0 Å². The van der Waals surface area contributed by atoms with Crippen LogP contribution in [0.1, 0.15) is 5.56 Å². The number of ether oxygens (including phenoxy) is 2. The summed E-state index contributed by atoms with van der Waals surface area (Å²) in [6.07, 6.45) is 2.23. The Kier molecular flexibility index (Phi) is 5.97. The largest absolute Gasteiger partial charge is 0.497 e. The second-order valence-electron chi connectivity index (χ2n) is 5.59. The zero-order valence-electron chi connectivity index (χ0n) is 15.2. The molecule has 2 aromatic carbocycles. The Morgan fingerprint density at radius 3 is 2.33 bits per heavy atom. The van der Waals surface area contributed by atoms with Crippen molar-refractivity contribution in [2.75, 3.05) is 25.8 Å². The quantitative estimate of drug-likeness (QED) is 0.621. The number of thioether (sulfide) groups is 1. The molecule has 27 heavy (non-hydrogen) atoms. The van der Waals surface area contributed by atoms with E-state index in [4.69, 9.17) is 13.9 Å². The molecule has 0 aliphatic heterocycles. The zero-order valence-corrected chi connectivity index (χ0v) is 16.0.